The van der Waals surface area contributed by atoms with Crippen molar-refractivity contribution in [3.63, 3.8) is 0 Å². The number of piperidine rings is 1. The molecule has 0 saturated carbocycles. The van der Waals surface area contributed by atoms with Crippen molar-refractivity contribution in [3.05, 3.63) is 0 Å². The minimum absolute atomic E-state index is 0.150. The van der Waals surface area contributed by atoms with Crippen LogP contribution in [0.4, 0.5) is 18.4 Å². The number of alkyl halides is 2. The first-order valence-electron chi connectivity index (χ1n) is 6.99. The maximum absolute atomic E-state index is 14.3. The van der Waals surface area contributed by atoms with E-state index in [1.165, 1.54) is 0 Å². The lowest BCUT2D eigenvalue weighted by atomic mass is 9.79. The van der Waals surface area contributed by atoms with E-state index in [4.69, 9.17) is 0 Å². The van der Waals surface area contributed by atoms with E-state index in [0.717, 1.165) is 9.80 Å². The van der Waals surface area contributed by atoms with Crippen molar-refractivity contribution >= 4 is 12.1 Å². The van der Waals surface area contributed by atoms with Gasteiger partial charge in [0.15, 0.2) is 6.30 Å². The number of urea groups is 1. The van der Waals surface area contributed by atoms with Crippen molar-refractivity contribution in [2.75, 3.05) is 6.54 Å². The highest BCUT2D eigenvalue weighted by molar-refractivity contribution is 5.78. The molecule has 2 rings (SSSR count). The molecule has 4 unspecified atom stereocenters. The molecule has 0 spiro atoms. The van der Waals surface area contributed by atoms with E-state index in [2.05, 4.69) is 0 Å². The second-order valence-corrected chi connectivity index (χ2v) is 6.65. The third kappa shape index (κ3) is 2.89. The maximum Gasteiger partial charge on any atom is 0.409 e. The molecule has 2 saturated heterocycles. The molecule has 6 nitrogen and oxygen atoms in total. The quantitative estimate of drug-likeness (QED) is 0.729. The zero-order chi connectivity index (χ0) is 15.9. The average molecular weight is 305 g/mol. The number of halogens is 2. The summed E-state index contributed by atoms with van der Waals surface area (Å²) in [6.07, 6.45) is -5.16. The SMILES string of the molecule is CC(C)(C)C1CCC(F)C(N2CC(F)NC2=O)N1C(=O)O. The van der Waals surface area contributed by atoms with Gasteiger partial charge in [0.05, 0.1) is 6.54 Å². The normalized spacial score (nSPS) is 34.0. The monoisotopic (exact) mass is 305 g/mol. The molecule has 0 radical (unpaired) electrons. The predicted molar refractivity (Wildman–Crippen MR) is 71.2 cm³/mol. The lowest BCUT2D eigenvalue weighted by molar-refractivity contribution is -0.0607. The van der Waals surface area contributed by atoms with Crippen LogP contribution in [-0.4, -0.2) is 58.3 Å². The molecule has 2 N–H and O–H groups in total. The summed E-state index contributed by atoms with van der Waals surface area (Å²) in [7, 11) is 0. The molecule has 2 heterocycles. The van der Waals surface area contributed by atoms with Crippen molar-refractivity contribution < 1.29 is 23.5 Å². The highest BCUT2D eigenvalue weighted by Crippen LogP contribution is 2.37. The number of amides is 3. The summed E-state index contributed by atoms with van der Waals surface area (Å²) in [6, 6.07) is -1.20. The summed E-state index contributed by atoms with van der Waals surface area (Å²) in [5.74, 6) is 0. The van der Waals surface area contributed by atoms with Gasteiger partial charge in [-0.15, -0.1) is 0 Å². The summed E-state index contributed by atoms with van der Waals surface area (Å²) in [5, 5.41) is 11.5. The van der Waals surface area contributed by atoms with Gasteiger partial charge in [-0.25, -0.2) is 18.4 Å². The zero-order valence-electron chi connectivity index (χ0n) is 12.3. The number of carbonyl (C=O) groups excluding carboxylic acids is 1. The number of hydrogen-bond donors (Lipinski definition) is 2. The minimum atomic E-state index is -1.60. The van der Waals surface area contributed by atoms with Crippen LogP contribution in [0.15, 0.2) is 0 Å². The van der Waals surface area contributed by atoms with Gasteiger partial charge in [0.25, 0.3) is 0 Å². The Hall–Kier alpha value is -1.60. The van der Waals surface area contributed by atoms with E-state index in [1.807, 2.05) is 26.1 Å². The van der Waals surface area contributed by atoms with Crippen LogP contribution in [0.2, 0.25) is 0 Å². The largest absolute Gasteiger partial charge is 0.465 e. The Balaban J connectivity index is 2.35. The van der Waals surface area contributed by atoms with Crippen LogP contribution in [0.1, 0.15) is 33.6 Å². The summed E-state index contributed by atoms with van der Waals surface area (Å²) in [4.78, 5) is 25.3. The van der Waals surface area contributed by atoms with E-state index in [9.17, 15) is 23.5 Å². The minimum Gasteiger partial charge on any atom is -0.465 e. The first-order valence-corrected chi connectivity index (χ1v) is 6.99. The van der Waals surface area contributed by atoms with Crippen molar-refractivity contribution in [2.45, 2.75) is 58.3 Å². The zero-order valence-corrected chi connectivity index (χ0v) is 12.3. The van der Waals surface area contributed by atoms with Gasteiger partial charge in [0.2, 0.25) is 0 Å². The lowest BCUT2D eigenvalue weighted by Crippen LogP contribution is -2.64. The van der Waals surface area contributed by atoms with Gasteiger partial charge in [-0.2, -0.15) is 0 Å². The fourth-order valence-corrected chi connectivity index (χ4v) is 3.15. The highest BCUT2D eigenvalue weighted by atomic mass is 19.1. The van der Waals surface area contributed by atoms with Crippen LogP contribution in [0.5, 0.6) is 0 Å². The molecule has 0 aromatic heterocycles. The summed E-state index contributed by atoms with van der Waals surface area (Å²) >= 11 is 0. The first kappa shape index (κ1) is 15.8. The van der Waals surface area contributed by atoms with Crippen LogP contribution in [-0.2, 0) is 0 Å². The van der Waals surface area contributed by atoms with Crippen molar-refractivity contribution in [3.8, 4) is 0 Å². The topological polar surface area (TPSA) is 72.9 Å². The van der Waals surface area contributed by atoms with Gasteiger partial charge in [-0.05, 0) is 18.3 Å². The number of nitrogens with zero attached hydrogens (tertiary/aromatic N) is 2. The Kier molecular flexibility index (Phi) is 3.99. The molecule has 2 fully saturated rings. The maximum atomic E-state index is 14.3. The molecule has 0 aliphatic carbocycles. The molecule has 4 atom stereocenters. The molecular formula is C13H21F2N3O3. The molecule has 2 aliphatic heterocycles. The van der Waals surface area contributed by atoms with E-state index in [1.54, 1.807) is 0 Å². The highest BCUT2D eigenvalue weighted by Gasteiger charge is 2.50. The Bertz CT molecular complexity index is 441. The van der Waals surface area contributed by atoms with Crippen LogP contribution in [0.25, 0.3) is 0 Å². The molecule has 8 heteroatoms. The van der Waals surface area contributed by atoms with Gasteiger partial charge in [-0.1, -0.05) is 20.8 Å². The molecule has 0 aromatic carbocycles. The molecular weight excluding hydrogens is 284 g/mol. The summed E-state index contributed by atoms with van der Waals surface area (Å²) in [5.41, 5.74) is -0.401. The molecule has 120 valence electrons. The average Bonchev–Trinajstić information content (AvgIpc) is 2.66. The fourth-order valence-electron chi connectivity index (χ4n) is 3.15. The lowest BCUT2D eigenvalue weighted by Gasteiger charge is -2.49. The van der Waals surface area contributed by atoms with Gasteiger partial charge in [-0.3, -0.25) is 9.80 Å². The Labute approximate surface area is 122 Å². The van der Waals surface area contributed by atoms with Crippen LogP contribution in [0, 0.1) is 5.41 Å². The first-order chi connectivity index (χ1) is 9.62. The molecule has 2 aliphatic rings. The molecule has 21 heavy (non-hydrogen) atoms. The van der Waals surface area contributed by atoms with E-state index < -0.39 is 42.2 Å². The van der Waals surface area contributed by atoms with Gasteiger partial charge in [0.1, 0.15) is 12.3 Å². The number of nitrogens with one attached hydrogen (secondary N) is 1. The van der Waals surface area contributed by atoms with Gasteiger partial charge in [0, 0.05) is 6.04 Å². The van der Waals surface area contributed by atoms with Crippen LogP contribution >= 0.6 is 0 Å². The number of carbonyl (C=O) groups is 2. The van der Waals surface area contributed by atoms with Crippen molar-refractivity contribution in [1.82, 2.24) is 15.1 Å². The Morgan fingerprint density at radius 3 is 2.38 bits per heavy atom. The number of rotatable bonds is 1. The Morgan fingerprint density at radius 1 is 1.33 bits per heavy atom. The van der Waals surface area contributed by atoms with E-state index in [-0.39, 0.29) is 13.0 Å². The third-order valence-corrected chi connectivity index (χ3v) is 4.10. The van der Waals surface area contributed by atoms with Gasteiger partial charge < -0.3 is 10.4 Å². The van der Waals surface area contributed by atoms with Crippen molar-refractivity contribution in [1.29, 1.82) is 0 Å². The molecule has 3 amide bonds. The predicted octanol–water partition coefficient (Wildman–Crippen LogP) is 2.16. The number of likely N-dealkylation sites (tertiary alicyclic amines) is 1. The summed E-state index contributed by atoms with van der Waals surface area (Å²) in [6.45, 7) is 5.26. The third-order valence-electron chi connectivity index (χ3n) is 4.10. The number of hydrogen-bond acceptors (Lipinski definition) is 2. The van der Waals surface area contributed by atoms with Crippen molar-refractivity contribution in [2.24, 2.45) is 5.41 Å². The molecule has 0 bridgehead atoms. The van der Waals surface area contributed by atoms with E-state index >= 15 is 0 Å². The van der Waals surface area contributed by atoms with Crippen LogP contribution in [0.3, 0.4) is 0 Å². The van der Waals surface area contributed by atoms with Gasteiger partial charge >= 0.3 is 12.1 Å². The fraction of sp³-hybridized carbons (Fsp3) is 0.846. The smallest absolute Gasteiger partial charge is 0.409 e. The molecule has 0 aromatic rings. The summed E-state index contributed by atoms with van der Waals surface area (Å²) < 4.78 is 27.6. The second-order valence-electron chi connectivity index (χ2n) is 6.65. The Morgan fingerprint density at radius 2 is 1.95 bits per heavy atom. The number of carboxylic acid groups (broad SMARTS) is 1. The van der Waals surface area contributed by atoms with Crippen LogP contribution < -0.4 is 5.32 Å². The standard InChI is InChI=1S/C13H21F2N3O3/c1-13(2,3)8-5-4-7(14)10(18(8)12(20)21)17-6-9(15)16-11(17)19/h7-10H,4-6H2,1-3H3,(H,16,19)(H,20,21). The second kappa shape index (κ2) is 5.31. The van der Waals surface area contributed by atoms with E-state index in [0.29, 0.717) is 6.42 Å².